The number of hydrogen-bond donors (Lipinski definition) is 0. The lowest BCUT2D eigenvalue weighted by atomic mass is 9.81. The lowest BCUT2D eigenvalue weighted by Gasteiger charge is -2.36. The van der Waals surface area contributed by atoms with Crippen molar-refractivity contribution in [3.05, 3.63) is 71.8 Å². The summed E-state index contributed by atoms with van der Waals surface area (Å²) in [7, 11) is 3.37. The highest BCUT2D eigenvalue weighted by molar-refractivity contribution is 5.80. The number of nitrogens with zero attached hydrogens (tertiary/aromatic N) is 2. The molecule has 4 rings (SSSR count). The van der Waals surface area contributed by atoms with Crippen molar-refractivity contribution < 1.29 is 14.3 Å². The van der Waals surface area contributed by atoms with Crippen molar-refractivity contribution in [2.75, 3.05) is 33.9 Å². The Kier molecular flexibility index (Phi) is 7.48. The SMILES string of the molecule is COc1cccc(CN2CCC([C@@H]3CC=CCN(Cc4ccccc4)C3=O)CC2)c1OC. The maximum absolute atomic E-state index is 13.4. The van der Waals surface area contributed by atoms with Gasteiger partial charge in [-0.05, 0) is 49.9 Å². The molecule has 2 aliphatic heterocycles. The van der Waals surface area contributed by atoms with E-state index in [9.17, 15) is 4.79 Å². The molecule has 0 N–H and O–H groups in total. The van der Waals surface area contributed by atoms with E-state index in [4.69, 9.17) is 9.47 Å². The molecule has 2 heterocycles. The minimum atomic E-state index is 0.0889. The zero-order chi connectivity index (χ0) is 22.3. The smallest absolute Gasteiger partial charge is 0.226 e. The largest absolute Gasteiger partial charge is 0.493 e. The van der Waals surface area contributed by atoms with Crippen LogP contribution in [0.25, 0.3) is 0 Å². The van der Waals surface area contributed by atoms with Gasteiger partial charge >= 0.3 is 0 Å². The molecule has 0 aliphatic carbocycles. The number of benzene rings is 2. The summed E-state index contributed by atoms with van der Waals surface area (Å²) in [5.41, 5.74) is 2.34. The molecule has 2 aromatic rings. The lowest BCUT2D eigenvalue weighted by molar-refractivity contribution is -0.137. The topological polar surface area (TPSA) is 42.0 Å². The van der Waals surface area contributed by atoms with Crippen molar-refractivity contribution >= 4 is 5.91 Å². The standard InChI is InChI=1S/C27H34N2O3/c1-31-25-13-8-11-23(26(25)32-2)20-28-17-14-22(15-18-28)24-12-6-7-16-29(27(24)30)19-21-9-4-3-5-10-21/h3-11,13,22,24H,12,14-20H2,1-2H3/t24-/m0/s1. The number of carbonyl (C=O) groups is 1. The second kappa shape index (κ2) is 10.7. The van der Waals surface area contributed by atoms with Crippen LogP contribution in [0.2, 0.25) is 0 Å². The number of para-hydroxylation sites is 1. The number of carbonyl (C=O) groups excluding carboxylic acids is 1. The number of methoxy groups -OCH3 is 2. The average molecular weight is 435 g/mol. The quantitative estimate of drug-likeness (QED) is 0.601. The van der Waals surface area contributed by atoms with Gasteiger partial charge in [-0.2, -0.15) is 0 Å². The van der Waals surface area contributed by atoms with Crippen LogP contribution in [0.5, 0.6) is 11.5 Å². The van der Waals surface area contributed by atoms with Gasteiger partial charge in [0.05, 0.1) is 14.2 Å². The maximum Gasteiger partial charge on any atom is 0.226 e. The third-order valence-electron chi connectivity index (χ3n) is 6.81. The normalized spacial score (nSPS) is 20.2. The van der Waals surface area contributed by atoms with Gasteiger partial charge in [-0.25, -0.2) is 0 Å². The molecule has 0 saturated carbocycles. The van der Waals surface area contributed by atoms with E-state index in [2.05, 4.69) is 35.3 Å². The third-order valence-corrected chi connectivity index (χ3v) is 6.81. The van der Waals surface area contributed by atoms with Crippen LogP contribution in [0.4, 0.5) is 0 Å². The fraction of sp³-hybridized carbons (Fsp3) is 0.444. The summed E-state index contributed by atoms with van der Waals surface area (Å²) in [6.07, 6.45) is 7.33. The zero-order valence-corrected chi connectivity index (χ0v) is 19.2. The Morgan fingerprint density at radius 3 is 2.41 bits per heavy atom. The van der Waals surface area contributed by atoms with E-state index < -0.39 is 0 Å². The lowest BCUT2D eigenvalue weighted by Crippen LogP contribution is -2.42. The first-order chi connectivity index (χ1) is 15.7. The van der Waals surface area contributed by atoms with E-state index in [1.165, 1.54) is 5.56 Å². The van der Waals surface area contributed by atoms with E-state index in [0.29, 0.717) is 24.9 Å². The highest BCUT2D eigenvalue weighted by atomic mass is 16.5. The number of likely N-dealkylation sites (tertiary alicyclic amines) is 1. The average Bonchev–Trinajstić information content (AvgIpc) is 3.01. The highest BCUT2D eigenvalue weighted by Crippen LogP contribution is 2.34. The molecule has 2 aromatic carbocycles. The van der Waals surface area contributed by atoms with Crippen molar-refractivity contribution in [2.24, 2.45) is 11.8 Å². The molecular formula is C27H34N2O3. The Balaban J connectivity index is 1.37. The third kappa shape index (κ3) is 5.16. The van der Waals surface area contributed by atoms with Crippen LogP contribution in [-0.4, -0.2) is 49.6 Å². The molecule has 0 bridgehead atoms. The first kappa shape index (κ1) is 22.4. The highest BCUT2D eigenvalue weighted by Gasteiger charge is 2.34. The molecule has 1 amide bonds. The van der Waals surface area contributed by atoms with Gasteiger partial charge in [-0.3, -0.25) is 9.69 Å². The molecule has 0 radical (unpaired) electrons. The van der Waals surface area contributed by atoms with Crippen LogP contribution >= 0.6 is 0 Å². The molecule has 1 fully saturated rings. The molecular weight excluding hydrogens is 400 g/mol. The summed E-state index contributed by atoms with van der Waals surface area (Å²) < 4.78 is 11.1. The van der Waals surface area contributed by atoms with Crippen LogP contribution in [0.1, 0.15) is 30.4 Å². The number of amides is 1. The van der Waals surface area contributed by atoms with Crippen molar-refractivity contribution in [3.8, 4) is 11.5 Å². The van der Waals surface area contributed by atoms with E-state index in [-0.39, 0.29) is 5.92 Å². The molecule has 5 nitrogen and oxygen atoms in total. The molecule has 2 aliphatic rings. The first-order valence-corrected chi connectivity index (χ1v) is 11.6. The number of rotatable bonds is 7. The fourth-order valence-electron chi connectivity index (χ4n) is 5.04. The predicted octanol–water partition coefficient (Wildman–Crippen LogP) is 4.52. The van der Waals surface area contributed by atoms with Crippen molar-refractivity contribution in [2.45, 2.75) is 32.4 Å². The first-order valence-electron chi connectivity index (χ1n) is 11.6. The second-order valence-corrected chi connectivity index (χ2v) is 8.78. The molecule has 0 unspecified atom stereocenters. The molecule has 1 atom stereocenters. The molecule has 0 spiro atoms. The van der Waals surface area contributed by atoms with Crippen LogP contribution in [0, 0.1) is 11.8 Å². The van der Waals surface area contributed by atoms with Crippen molar-refractivity contribution in [1.82, 2.24) is 9.80 Å². The van der Waals surface area contributed by atoms with Gasteiger partial charge in [0.1, 0.15) is 0 Å². The van der Waals surface area contributed by atoms with Gasteiger partial charge in [0, 0.05) is 31.1 Å². The molecule has 5 heteroatoms. The second-order valence-electron chi connectivity index (χ2n) is 8.78. The Morgan fingerprint density at radius 1 is 0.906 bits per heavy atom. The van der Waals surface area contributed by atoms with E-state index in [1.807, 2.05) is 35.2 Å². The Hall–Kier alpha value is -2.79. The van der Waals surface area contributed by atoms with E-state index in [0.717, 1.165) is 56.0 Å². The molecule has 0 aromatic heterocycles. The van der Waals surface area contributed by atoms with Gasteiger partial charge < -0.3 is 14.4 Å². The minimum absolute atomic E-state index is 0.0889. The summed E-state index contributed by atoms with van der Waals surface area (Å²) in [5.74, 6) is 2.43. The maximum atomic E-state index is 13.4. The summed E-state index contributed by atoms with van der Waals surface area (Å²) in [6, 6.07) is 16.3. The summed E-state index contributed by atoms with van der Waals surface area (Å²) in [5, 5.41) is 0. The Labute approximate surface area is 191 Å². The molecule has 32 heavy (non-hydrogen) atoms. The molecule has 170 valence electrons. The predicted molar refractivity (Wildman–Crippen MR) is 127 cm³/mol. The summed E-state index contributed by atoms with van der Waals surface area (Å²) in [4.78, 5) is 17.9. The minimum Gasteiger partial charge on any atom is -0.493 e. The number of allylic oxidation sites excluding steroid dienone is 1. The van der Waals surface area contributed by atoms with Gasteiger partial charge in [0.25, 0.3) is 0 Å². The molecule has 1 saturated heterocycles. The van der Waals surface area contributed by atoms with Gasteiger partial charge in [0.2, 0.25) is 5.91 Å². The zero-order valence-electron chi connectivity index (χ0n) is 19.2. The Morgan fingerprint density at radius 2 is 1.69 bits per heavy atom. The van der Waals surface area contributed by atoms with Crippen LogP contribution in [0.3, 0.4) is 0 Å². The van der Waals surface area contributed by atoms with Gasteiger partial charge in [-0.15, -0.1) is 0 Å². The van der Waals surface area contributed by atoms with Gasteiger partial charge in [0.15, 0.2) is 11.5 Å². The van der Waals surface area contributed by atoms with Crippen LogP contribution in [-0.2, 0) is 17.9 Å². The van der Waals surface area contributed by atoms with E-state index >= 15 is 0 Å². The van der Waals surface area contributed by atoms with Gasteiger partial charge in [-0.1, -0.05) is 54.6 Å². The number of hydrogen-bond acceptors (Lipinski definition) is 4. The fourth-order valence-corrected chi connectivity index (χ4v) is 5.04. The number of piperidine rings is 1. The summed E-state index contributed by atoms with van der Waals surface area (Å²) >= 11 is 0. The summed E-state index contributed by atoms with van der Waals surface area (Å²) in [6.45, 7) is 4.23. The monoisotopic (exact) mass is 434 g/mol. The number of ether oxygens (including phenoxy) is 2. The van der Waals surface area contributed by atoms with Crippen LogP contribution in [0.15, 0.2) is 60.7 Å². The van der Waals surface area contributed by atoms with E-state index in [1.54, 1.807) is 14.2 Å². The van der Waals surface area contributed by atoms with Crippen LogP contribution < -0.4 is 9.47 Å². The van der Waals surface area contributed by atoms with Crippen molar-refractivity contribution in [1.29, 1.82) is 0 Å². The Bertz CT molecular complexity index is 920. The van der Waals surface area contributed by atoms with Crippen molar-refractivity contribution in [3.63, 3.8) is 0 Å².